The molecule has 0 radical (unpaired) electrons. The molecule has 0 unspecified atom stereocenters. The second kappa shape index (κ2) is 5.50. The molecule has 0 bridgehead atoms. The first kappa shape index (κ1) is 12.4. The number of rotatable bonds is 5. The minimum absolute atomic E-state index is 0.0673. The van der Waals surface area contributed by atoms with Gasteiger partial charge in [0.05, 0.1) is 6.54 Å². The second-order valence-corrected chi connectivity index (χ2v) is 4.40. The third-order valence-electron chi connectivity index (χ3n) is 2.13. The van der Waals surface area contributed by atoms with Crippen LogP contribution < -0.4 is 21.2 Å². The molecule has 2 aromatic heterocycles. The Bertz CT molecular complexity index is 578. The van der Waals surface area contributed by atoms with Crippen molar-refractivity contribution >= 4 is 28.9 Å². The average Bonchev–Trinajstić information content (AvgIpc) is 2.72. The maximum atomic E-state index is 11.0. The molecule has 0 aromatic carbocycles. The van der Waals surface area contributed by atoms with E-state index in [1.807, 2.05) is 6.92 Å². The number of hydrogen-bond donors (Lipinski definition) is 4. The number of hydrogen-bond acceptors (Lipinski definition) is 7. The summed E-state index contributed by atoms with van der Waals surface area (Å²) in [7, 11) is 0. The zero-order chi connectivity index (χ0) is 13.0. The number of nitrogens with zero attached hydrogens (tertiary/aromatic N) is 2. The Morgan fingerprint density at radius 3 is 2.72 bits per heavy atom. The lowest BCUT2D eigenvalue weighted by atomic mass is 10.4. The fourth-order valence-corrected chi connectivity index (χ4v) is 2.00. The summed E-state index contributed by atoms with van der Waals surface area (Å²) in [5.74, 6) is 1.49. The summed E-state index contributed by atoms with van der Waals surface area (Å²) in [6.07, 6.45) is 0. The van der Waals surface area contributed by atoms with Gasteiger partial charge in [-0.3, -0.25) is 4.79 Å². The highest BCUT2D eigenvalue weighted by Crippen LogP contribution is 2.13. The van der Waals surface area contributed by atoms with Crippen molar-refractivity contribution in [3.63, 3.8) is 0 Å². The van der Waals surface area contributed by atoms with Gasteiger partial charge >= 0.3 is 4.87 Å². The van der Waals surface area contributed by atoms with Gasteiger partial charge in [-0.1, -0.05) is 11.3 Å². The van der Waals surface area contributed by atoms with Crippen LogP contribution in [0.3, 0.4) is 0 Å². The first-order chi connectivity index (χ1) is 8.67. The Morgan fingerprint density at radius 2 is 2.11 bits per heavy atom. The molecule has 2 rings (SSSR count). The summed E-state index contributed by atoms with van der Waals surface area (Å²) in [6.45, 7) is 3.22. The van der Waals surface area contributed by atoms with Crippen LogP contribution in [0.15, 0.2) is 16.2 Å². The molecule has 0 fully saturated rings. The van der Waals surface area contributed by atoms with Gasteiger partial charge in [0.25, 0.3) is 0 Å². The molecule has 18 heavy (non-hydrogen) atoms. The molecule has 2 heterocycles. The smallest absolute Gasteiger partial charge is 0.304 e. The van der Waals surface area contributed by atoms with E-state index in [-0.39, 0.29) is 10.8 Å². The normalized spacial score (nSPS) is 10.3. The van der Waals surface area contributed by atoms with Gasteiger partial charge in [0.1, 0.15) is 11.6 Å². The third-order valence-corrected chi connectivity index (χ3v) is 2.85. The SMILES string of the molecule is CCNc1cc(NCc2csc(=O)[nH]2)nc(N)n1. The first-order valence-corrected chi connectivity index (χ1v) is 6.34. The third kappa shape index (κ3) is 3.20. The lowest BCUT2D eigenvalue weighted by Gasteiger charge is -2.08. The number of nitrogens with two attached hydrogens (primary N) is 1. The molecule has 7 nitrogen and oxygen atoms in total. The molecule has 96 valence electrons. The van der Waals surface area contributed by atoms with Crippen molar-refractivity contribution in [1.29, 1.82) is 0 Å². The van der Waals surface area contributed by atoms with Crippen LogP contribution in [-0.2, 0) is 6.54 Å². The van der Waals surface area contributed by atoms with Crippen LogP contribution in [-0.4, -0.2) is 21.5 Å². The van der Waals surface area contributed by atoms with Gasteiger partial charge in [-0.2, -0.15) is 9.97 Å². The Balaban J connectivity index is 2.06. The van der Waals surface area contributed by atoms with E-state index in [4.69, 9.17) is 5.73 Å². The van der Waals surface area contributed by atoms with Gasteiger partial charge in [-0.25, -0.2) is 0 Å². The Morgan fingerprint density at radius 1 is 1.39 bits per heavy atom. The Kier molecular flexibility index (Phi) is 3.78. The van der Waals surface area contributed by atoms with E-state index in [1.165, 1.54) is 0 Å². The molecule has 0 saturated carbocycles. The lowest BCUT2D eigenvalue weighted by molar-refractivity contribution is 1.03. The molecule has 8 heteroatoms. The van der Waals surface area contributed by atoms with Gasteiger partial charge in [-0.05, 0) is 6.92 Å². The standard InChI is InChI=1S/C10H14N6OS/c1-2-12-7-3-8(16-9(11)15-7)13-4-6-5-18-10(17)14-6/h3,5H,2,4H2,1H3,(H,14,17)(H4,11,12,13,15,16). The van der Waals surface area contributed by atoms with Crippen LogP contribution in [0.25, 0.3) is 0 Å². The molecule has 0 aliphatic rings. The number of aromatic amines is 1. The van der Waals surface area contributed by atoms with Crippen molar-refractivity contribution in [2.75, 3.05) is 22.9 Å². The largest absolute Gasteiger partial charge is 0.370 e. The van der Waals surface area contributed by atoms with Gasteiger partial charge in [0, 0.05) is 23.7 Å². The fourth-order valence-electron chi connectivity index (χ4n) is 1.41. The maximum absolute atomic E-state index is 11.0. The fraction of sp³-hybridized carbons (Fsp3) is 0.300. The number of anilines is 3. The molecule has 2 aromatic rings. The van der Waals surface area contributed by atoms with Crippen LogP contribution in [0.4, 0.5) is 17.6 Å². The van der Waals surface area contributed by atoms with Crippen LogP contribution in [0.2, 0.25) is 0 Å². The van der Waals surface area contributed by atoms with Crippen LogP contribution in [0.1, 0.15) is 12.6 Å². The van der Waals surface area contributed by atoms with E-state index < -0.39 is 0 Å². The summed E-state index contributed by atoms with van der Waals surface area (Å²) in [6, 6.07) is 1.77. The van der Waals surface area contributed by atoms with Crippen molar-refractivity contribution in [1.82, 2.24) is 15.0 Å². The van der Waals surface area contributed by atoms with Gasteiger partial charge in [0.15, 0.2) is 0 Å². The topological polar surface area (TPSA) is 109 Å². The number of nitrogen functional groups attached to an aromatic ring is 1. The van der Waals surface area contributed by atoms with Gasteiger partial charge < -0.3 is 21.4 Å². The molecule has 0 spiro atoms. The Labute approximate surface area is 107 Å². The summed E-state index contributed by atoms with van der Waals surface area (Å²) >= 11 is 1.13. The number of nitrogens with one attached hydrogen (secondary N) is 3. The van der Waals surface area contributed by atoms with Crippen molar-refractivity contribution < 1.29 is 0 Å². The van der Waals surface area contributed by atoms with Crippen LogP contribution >= 0.6 is 11.3 Å². The molecular formula is C10H14N6OS. The second-order valence-electron chi connectivity index (χ2n) is 3.55. The molecule has 0 atom stereocenters. The molecule has 0 aliphatic carbocycles. The van der Waals surface area contributed by atoms with Crippen molar-refractivity contribution in [2.24, 2.45) is 0 Å². The zero-order valence-electron chi connectivity index (χ0n) is 9.86. The van der Waals surface area contributed by atoms with E-state index in [1.54, 1.807) is 11.4 Å². The number of H-pyrrole nitrogens is 1. The lowest BCUT2D eigenvalue weighted by Crippen LogP contribution is -2.08. The predicted octanol–water partition coefficient (Wildman–Crippen LogP) is 0.852. The summed E-state index contributed by atoms with van der Waals surface area (Å²) in [4.78, 5) is 21.7. The summed E-state index contributed by atoms with van der Waals surface area (Å²) in [5.41, 5.74) is 6.42. The predicted molar refractivity (Wildman–Crippen MR) is 72.9 cm³/mol. The van der Waals surface area contributed by atoms with E-state index in [0.29, 0.717) is 18.2 Å². The summed E-state index contributed by atoms with van der Waals surface area (Å²) in [5, 5.41) is 7.91. The maximum Gasteiger partial charge on any atom is 0.304 e. The number of thiazole rings is 1. The molecule has 0 saturated heterocycles. The van der Waals surface area contributed by atoms with Gasteiger partial charge in [-0.15, -0.1) is 0 Å². The minimum Gasteiger partial charge on any atom is -0.370 e. The first-order valence-electron chi connectivity index (χ1n) is 5.46. The van der Waals surface area contributed by atoms with Crippen LogP contribution in [0, 0.1) is 0 Å². The molecule has 0 amide bonds. The van der Waals surface area contributed by atoms with E-state index in [2.05, 4.69) is 25.6 Å². The summed E-state index contributed by atoms with van der Waals surface area (Å²) < 4.78 is 0. The monoisotopic (exact) mass is 266 g/mol. The zero-order valence-corrected chi connectivity index (χ0v) is 10.7. The Hall–Kier alpha value is -2.09. The highest BCUT2D eigenvalue weighted by Gasteiger charge is 2.02. The van der Waals surface area contributed by atoms with E-state index >= 15 is 0 Å². The van der Waals surface area contributed by atoms with E-state index in [9.17, 15) is 4.79 Å². The number of aromatic nitrogens is 3. The quantitative estimate of drug-likeness (QED) is 0.639. The molecule has 5 N–H and O–H groups in total. The van der Waals surface area contributed by atoms with Crippen molar-refractivity contribution in [2.45, 2.75) is 13.5 Å². The van der Waals surface area contributed by atoms with Gasteiger partial charge in [0.2, 0.25) is 5.95 Å². The highest BCUT2D eigenvalue weighted by atomic mass is 32.1. The van der Waals surface area contributed by atoms with Crippen LogP contribution in [0.5, 0.6) is 0 Å². The molecule has 0 aliphatic heterocycles. The van der Waals surface area contributed by atoms with Crippen molar-refractivity contribution in [3.8, 4) is 0 Å². The minimum atomic E-state index is -0.0673. The molecular weight excluding hydrogens is 252 g/mol. The average molecular weight is 266 g/mol. The highest BCUT2D eigenvalue weighted by molar-refractivity contribution is 7.07. The van der Waals surface area contributed by atoms with Crippen molar-refractivity contribution in [3.05, 3.63) is 26.8 Å². The van der Waals surface area contributed by atoms with E-state index in [0.717, 1.165) is 23.6 Å².